The van der Waals surface area contributed by atoms with Gasteiger partial charge in [0, 0.05) is 47.6 Å². The summed E-state index contributed by atoms with van der Waals surface area (Å²) in [6.45, 7) is 5.18. The first kappa shape index (κ1) is 35.4. The van der Waals surface area contributed by atoms with Crippen molar-refractivity contribution in [3.63, 3.8) is 0 Å². The number of benzene rings is 2. The average molecular weight is 755 g/mol. The SMILES string of the molecule is C#Cc1c(F)ccc2cc(OCOP(=O)(O)O)cc(-c3nc(Cl)c4c(N5CC6CCC(C5)N6)nc(OCC56CCCN(CCC5)C6C)nc4c3F)c12. The topological polar surface area (TPSA) is 142 Å². The van der Waals surface area contributed by atoms with E-state index >= 15 is 8.78 Å². The van der Waals surface area contributed by atoms with Crippen LogP contribution in [-0.2, 0) is 9.09 Å². The number of aromatic nitrogens is 3. The second kappa shape index (κ2) is 13.6. The predicted octanol–water partition coefficient (Wildman–Crippen LogP) is 5.79. The zero-order valence-corrected chi connectivity index (χ0v) is 30.1. The fourth-order valence-corrected chi connectivity index (χ4v) is 9.14. The van der Waals surface area contributed by atoms with E-state index in [1.807, 2.05) is 0 Å². The van der Waals surface area contributed by atoms with Gasteiger partial charge in [-0.25, -0.2) is 22.9 Å². The van der Waals surface area contributed by atoms with Gasteiger partial charge in [0.15, 0.2) is 12.6 Å². The number of terminal acetylenes is 1. The first-order chi connectivity index (χ1) is 24.9. The number of nitrogens with one attached hydrogen (secondary N) is 1. The first-order valence-corrected chi connectivity index (χ1v) is 19.3. The molecule has 4 fully saturated rings. The van der Waals surface area contributed by atoms with Crippen molar-refractivity contribution < 1.29 is 37.1 Å². The maximum atomic E-state index is 17.3. The fraction of sp³-hybridized carbons (Fsp3) is 0.472. The highest BCUT2D eigenvalue weighted by molar-refractivity contribution is 7.46. The molecule has 4 aliphatic heterocycles. The van der Waals surface area contributed by atoms with Crippen LogP contribution in [0, 0.1) is 29.4 Å². The van der Waals surface area contributed by atoms with Crippen molar-refractivity contribution in [3.8, 4) is 35.4 Å². The van der Waals surface area contributed by atoms with E-state index in [1.165, 1.54) is 18.2 Å². The lowest BCUT2D eigenvalue weighted by Gasteiger charge is -2.52. The van der Waals surface area contributed by atoms with Gasteiger partial charge in [0.2, 0.25) is 0 Å². The van der Waals surface area contributed by atoms with Crippen LogP contribution in [0.15, 0.2) is 24.3 Å². The summed E-state index contributed by atoms with van der Waals surface area (Å²) in [5.74, 6) is 1.22. The minimum absolute atomic E-state index is 0.0222. The van der Waals surface area contributed by atoms with E-state index in [0.717, 1.165) is 57.7 Å². The highest BCUT2D eigenvalue weighted by Gasteiger charge is 2.45. The minimum atomic E-state index is -4.86. The van der Waals surface area contributed by atoms with Gasteiger partial charge >= 0.3 is 13.8 Å². The van der Waals surface area contributed by atoms with E-state index in [1.54, 1.807) is 0 Å². The third kappa shape index (κ3) is 6.47. The molecule has 3 unspecified atom stereocenters. The van der Waals surface area contributed by atoms with Crippen molar-refractivity contribution in [2.24, 2.45) is 5.41 Å². The number of nitrogens with zero attached hydrogens (tertiary/aromatic N) is 5. The van der Waals surface area contributed by atoms with Crippen molar-refractivity contribution in [2.45, 2.75) is 63.6 Å². The molecular weight excluding hydrogens is 717 g/mol. The molecule has 3 atom stereocenters. The van der Waals surface area contributed by atoms with E-state index in [-0.39, 0.29) is 67.5 Å². The van der Waals surface area contributed by atoms with E-state index in [9.17, 15) is 4.57 Å². The highest BCUT2D eigenvalue weighted by Crippen LogP contribution is 2.45. The number of hydrogen-bond donors (Lipinski definition) is 3. The van der Waals surface area contributed by atoms with Crippen molar-refractivity contribution in [1.82, 2.24) is 25.2 Å². The molecule has 4 saturated heterocycles. The van der Waals surface area contributed by atoms with Crippen LogP contribution in [0.4, 0.5) is 14.6 Å². The van der Waals surface area contributed by atoms with Crippen molar-refractivity contribution in [3.05, 3.63) is 46.6 Å². The van der Waals surface area contributed by atoms with E-state index < -0.39 is 26.3 Å². The maximum Gasteiger partial charge on any atom is 0.472 e. The number of phosphoric ester groups is 1. The summed E-state index contributed by atoms with van der Waals surface area (Å²) >= 11 is 6.97. The van der Waals surface area contributed by atoms with Crippen LogP contribution in [0.3, 0.4) is 0 Å². The summed E-state index contributed by atoms with van der Waals surface area (Å²) in [5.41, 5.74) is -0.611. The molecule has 4 aliphatic rings. The van der Waals surface area contributed by atoms with Crippen molar-refractivity contribution in [1.29, 1.82) is 0 Å². The monoisotopic (exact) mass is 754 g/mol. The molecule has 0 radical (unpaired) electrons. The molecule has 52 heavy (non-hydrogen) atoms. The number of hydrogen-bond acceptors (Lipinski definition) is 10. The normalized spacial score (nSPS) is 25.8. The predicted molar refractivity (Wildman–Crippen MR) is 191 cm³/mol. The van der Waals surface area contributed by atoms with Crippen LogP contribution in [0.1, 0.15) is 51.0 Å². The molecule has 16 heteroatoms. The lowest BCUT2D eigenvalue weighted by molar-refractivity contribution is -0.0494. The van der Waals surface area contributed by atoms with Gasteiger partial charge in [0.05, 0.1) is 17.6 Å². The number of piperazine rings is 1. The summed E-state index contributed by atoms with van der Waals surface area (Å²) in [5, 5.41) is 4.26. The average Bonchev–Trinajstić information content (AvgIpc) is 3.44. The Kier molecular flexibility index (Phi) is 9.27. The number of fused-ring (bicyclic) bond motifs is 6. The Morgan fingerprint density at radius 2 is 1.81 bits per heavy atom. The van der Waals surface area contributed by atoms with Gasteiger partial charge in [0.25, 0.3) is 0 Å². The number of piperidine rings is 2. The number of ether oxygens (including phenoxy) is 2. The molecule has 6 heterocycles. The molecule has 3 N–H and O–H groups in total. The third-order valence-electron chi connectivity index (χ3n) is 11.3. The molecule has 4 aromatic rings. The lowest BCUT2D eigenvalue weighted by Crippen LogP contribution is -2.56. The summed E-state index contributed by atoms with van der Waals surface area (Å²) in [6, 6.07) is 6.21. The van der Waals surface area contributed by atoms with Gasteiger partial charge in [-0.1, -0.05) is 23.6 Å². The zero-order chi connectivity index (χ0) is 36.4. The molecule has 0 saturated carbocycles. The Balaban J connectivity index is 1.28. The fourth-order valence-electron chi connectivity index (χ4n) is 8.69. The number of anilines is 1. The maximum absolute atomic E-state index is 17.3. The summed E-state index contributed by atoms with van der Waals surface area (Å²) in [7, 11) is -4.86. The first-order valence-electron chi connectivity index (χ1n) is 17.4. The van der Waals surface area contributed by atoms with E-state index in [4.69, 9.17) is 42.3 Å². The number of rotatable bonds is 9. The van der Waals surface area contributed by atoms with Crippen molar-refractivity contribution in [2.75, 3.05) is 44.5 Å². The second-order valence-corrected chi connectivity index (χ2v) is 15.8. The van der Waals surface area contributed by atoms with Crippen LogP contribution in [0.2, 0.25) is 5.15 Å². The van der Waals surface area contributed by atoms with Gasteiger partial charge < -0.3 is 29.5 Å². The molecule has 0 aliphatic carbocycles. The highest BCUT2D eigenvalue weighted by atomic mass is 35.5. The summed E-state index contributed by atoms with van der Waals surface area (Å²) in [6.07, 6.45) is 11.9. The van der Waals surface area contributed by atoms with Gasteiger partial charge in [-0.05, 0) is 82.1 Å². The Bertz CT molecular complexity index is 2140. The Morgan fingerprint density at radius 3 is 2.50 bits per heavy atom. The molecule has 0 spiro atoms. The van der Waals surface area contributed by atoms with Gasteiger partial charge in [0.1, 0.15) is 33.7 Å². The Hall–Kier alpha value is -3.67. The minimum Gasteiger partial charge on any atom is -0.467 e. The lowest BCUT2D eigenvalue weighted by atomic mass is 9.69. The summed E-state index contributed by atoms with van der Waals surface area (Å²) < 4.78 is 60.1. The van der Waals surface area contributed by atoms with E-state index in [0.29, 0.717) is 36.9 Å². The molecule has 274 valence electrons. The molecule has 2 aromatic carbocycles. The largest absolute Gasteiger partial charge is 0.472 e. The second-order valence-electron chi connectivity index (χ2n) is 14.2. The number of phosphoric acid groups is 1. The van der Waals surface area contributed by atoms with Crippen LogP contribution < -0.4 is 19.7 Å². The van der Waals surface area contributed by atoms with Gasteiger partial charge in [-0.3, -0.25) is 4.90 Å². The standard InChI is InChI=1S/C36H38ClF2N6O6P/c1-3-25-27(38)9-6-21-14-24(50-19-51-52(46,47)48)15-26(28(21)25)31-30(39)32-29(33(37)41-31)34(45-16-22-7-8-23(17-45)40-22)43-35(42-32)49-18-36-10-4-12-44(20(36)2)13-5-11-36/h1,6,9,14-15,20,22-23,40H,4-5,7-8,10-13,16-19H2,2H3,(H2,46,47,48). The molecule has 4 bridgehead atoms. The number of halogens is 3. The van der Waals surface area contributed by atoms with Gasteiger partial charge in [-0.2, -0.15) is 9.97 Å². The quantitative estimate of drug-likeness (QED) is 0.0825. The van der Waals surface area contributed by atoms with Crippen LogP contribution in [0.25, 0.3) is 32.9 Å². The van der Waals surface area contributed by atoms with Crippen LogP contribution in [-0.4, -0.2) is 87.3 Å². The van der Waals surface area contributed by atoms with E-state index in [2.05, 4.69) is 42.5 Å². The Morgan fingerprint density at radius 1 is 1.08 bits per heavy atom. The number of pyridine rings is 1. The molecular formula is C36H38ClF2N6O6P. The molecule has 8 rings (SSSR count). The molecule has 2 aromatic heterocycles. The smallest absolute Gasteiger partial charge is 0.467 e. The molecule has 12 nitrogen and oxygen atoms in total. The zero-order valence-electron chi connectivity index (χ0n) is 28.4. The van der Waals surface area contributed by atoms with Crippen LogP contribution in [0.5, 0.6) is 11.8 Å². The summed E-state index contributed by atoms with van der Waals surface area (Å²) in [4.78, 5) is 36.9. The third-order valence-corrected chi connectivity index (χ3v) is 12.0. The van der Waals surface area contributed by atoms with Crippen molar-refractivity contribution >= 4 is 46.9 Å². The van der Waals surface area contributed by atoms with Gasteiger partial charge in [-0.15, -0.1) is 6.42 Å². The van der Waals surface area contributed by atoms with Crippen LogP contribution >= 0.6 is 19.4 Å². The Labute approximate surface area is 304 Å². The molecule has 0 amide bonds.